The number of imide groups is 1. The van der Waals surface area contributed by atoms with Crippen LogP contribution < -0.4 is 20.7 Å². The number of benzene rings is 2. The summed E-state index contributed by atoms with van der Waals surface area (Å²) in [5.74, 6) is -0.333. The number of aryl methyl sites for hydroxylation is 1. The van der Waals surface area contributed by atoms with Crippen LogP contribution in [0.5, 0.6) is 5.75 Å². The van der Waals surface area contributed by atoms with Gasteiger partial charge in [0, 0.05) is 40.7 Å². The lowest BCUT2D eigenvalue weighted by molar-refractivity contribution is -0.141. The van der Waals surface area contributed by atoms with Gasteiger partial charge in [0.25, 0.3) is 11.8 Å². The van der Waals surface area contributed by atoms with E-state index in [0.717, 1.165) is 22.2 Å². The quantitative estimate of drug-likeness (QED) is 0.358. The Bertz CT molecular complexity index is 1560. The molecule has 10 heteroatoms. The first-order valence-corrected chi connectivity index (χ1v) is 14.7. The number of nitrogens with one attached hydrogen (secondary N) is 3. The normalized spacial score (nSPS) is 19.0. The van der Waals surface area contributed by atoms with Crippen LogP contribution in [-0.2, 0) is 16.2 Å². The first-order valence-electron chi connectivity index (χ1n) is 14.7. The smallest absolute Gasteiger partial charge is 0.322 e. The molecule has 2 aliphatic heterocycles. The molecule has 0 radical (unpaired) electrons. The van der Waals surface area contributed by atoms with Crippen molar-refractivity contribution in [2.45, 2.75) is 65.6 Å². The molecule has 3 N–H and O–H groups in total. The second-order valence-corrected chi connectivity index (χ2v) is 12.7. The Balaban J connectivity index is 1.29. The Hall–Kier alpha value is -4.47. The van der Waals surface area contributed by atoms with Gasteiger partial charge in [-0.2, -0.15) is 0 Å². The Morgan fingerprint density at radius 3 is 2.33 bits per heavy atom. The zero-order valence-corrected chi connectivity index (χ0v) is 25.3. The molecule has 5 amide bonds. The number of para-hydroxylation sites is 1. The maximum atomic E-state index is 13.6. The highest BCUT2D eigenvalue weighted by Gasteiger charge is 2.51. The molecule has 5 rings (SSSR count). The first kappa shape index (κ1) is 30.0. The fourth-order valence-electron chi connectivity index (χ4n) is 6.10. The van der Waals surface area contributed by atoms with E-state index in [1.54, 1.807) is 31.2 Å². The van der Waals surface area contributed by atoms with Gasteiger partial charge in [0.15, 0.2) is 0 Å². The third-order valence-electron chi connectivity index (χ3n) is 8.47. The van der Waals surface area contributed by atoms with E-state index < -0.39 is 28.9 Å². The Labute approximate surface area is 251 Å². The molecular weight excluding hydrogens is 546 g/mol. The summed E-state index contributed by atoms with van der Waals surface area (Å²) in [5.41, 5.74) is 1.66. The zero-order valence-electron chi connectivity index (χ0n) is 25.3. The van der Waals surface area contributed by atoms with Crippen LogP contribution in [-0.4, -0.2) is 58.3 Å². The fraction of sp³-hybridized carbons (Fsp3) is 0.424. The van der Waals surface area contributed by atoms with Crippen molar-refractivity contribution in [2.75, 3.05) is 13.1 Å². The molecule has 3 aromatic rings. The molecule has 0 spiro atoms. The number of urea groups is 1. The minimum Gasteiger partial charge on any atom is -0.489 e. The Kier molecular flexibility index (Phi) is 8.14. The maximum absolute atomic E-state index is 13.6. The predicted molar refractivity (Wildman–Crippen MR) is 162 cm³/mol. The third kappa shape index (κ3) is 6.33. The molecule has 43 heavy (non-hydrogen) atoms. The van der Waals surface area contributed by atoms with Gasteiger partial charge in [-0.3, -0.25) is 24.7 Å². The molecule has 3 heterocycles. The molecular formula is C33H39N5O5. The highest BCUT2D eigenvalue weighted by atomic mass is 16.5. The number of carbonyl (C=O) groups excluding carboxylic acids is 4. The number of amides is 5. The summed E-state index contributed by atoms with van der Waals surface area (Å²) in [6.07, 6.45) is 1.16. The van der Waals surface area contributed by atoms with Crippen molar-refractivity contribution < 1.29 is 23.9 Å². The largest absolute Gasteiger partial charge is 0.489 e. The lowest BCUT2D eigenvalue weighted by Crippen LogP contribution is -2.66. The summed E-state index contributed by atoms with van der Waals surface area (Å²) in [4.78, 5) is 57.7. The number of likely N-dealkylation sites (tertiary alicyclic amines) is 1. The minimum absolute atomic E-state index is 0.0677. The summed E-state index contributed by atoms with van der Waals surface area (Å²) in [7, 11) is 0. The van der Waals surface area contributed by atoms with Crippen molar-refractivity contribution in [1.29, 1.82) is 0 Å². The zero-order chi connectivity index (χ0) is 30.9. The monoisotopic (exact) mass is 585 g/mol. The number of nitrogens with zero attached hydrogens (tertiary/aromatic N) is 2. The molecule has 0 aliphatic carbocycles. The molecule has 2 fully saturated rings. The highest BCUT2D eigenvalue weighted by molar-refractivity contribution is 6.05. The van der Waals surface area contributed by atoms with Gasteiger partial charge in [-0.1, -0.05) is 39.0 Å². The van der Waals surface area contributed by atoms with E-state index >= 15 is 0 Å². The van der Waals surface area contributed by atoms with Gasteiger partial charge < -0.3 is 20.3 Å². The van der Waals surface area contributed by atoms with Gasteiger partial charge in [0.1, 0.15) is 18.4 Å². The van der Waals surface area contributed by atoms with Crippen molar-refractivity contribution in [3.8, 4) is 5.75 Å². The van der Waals surface area contributed by atoms with Crippen LogP contribution >= 0.6 is 0 Å². The van der Waals surface area contributed by atoms with E-state index in [1.165, 1.54) is 0 Å². The number of rotatable bonds is 7. The summed E-state index contributed by atoms with van der Waals surface area (Å²) in [6, 6.07) is 15.2. The topological polar surface area (TPSA) is 130 Å². The van der Waals surface area contributed by atoms with E-state index in [1.807, 2.05) is 62.9 Å². The van der Waals surface area contributed by atoms with Gasteiger partial charge in [0.2, 0.25) is 5.91 Å². The summed E-state index contributed by atoms with van der Waals surface area (Å²) >= 11 is 0. The number of hydrogen-bond acceptors (Lipinski definition) is 6. The SMILES string of the molecule is Cc1cc(COc2ccc(C(=O)NC(C)(C3CCN(C(=O)C(C)(C)C)CC3)C3NC(=O)NC3=O)cc2)c2ccccc2n1. The summed E-state index contributed by atoms with van der Waals surface area (Å²) in [5, 5.41) is 9.10. The van der Waals surface area contributed by atoms with Gasteiger partial charge in [0.05, 0.1) is 11.1 Å². The number of hydrogen-bond donors (Lipinski definition) is 3. The van der Waals surface area contributed by atoms with Crippen LogP contribution in [0.3, 0.4) is 0 Å². The van der Waals surface area contributed by atoms with Gasteiger partial charge in [-0.05, 0) is 69.0 Å². The van der Waals surface area contributed by atoms with Crippen LogP contribution in [0.1, 0.15) is 62.2 Å². The maximum Gasteiger partial charge on any atom is 0.322 e. The number of fused-ring (bicyclic) bond motifs is 1. The van der Waals surface area contributed by atoms with Crippen molar-refractivity contribution in [2.24, 2.45) is 11.3 Å². The lowest BCUT2D eigenvalue weighted by Gasteiger charge is -2.46. The molecule has 2 atom stereocenters. The second-order valence-electron chi connectivity index (χ2n) is 12.7. The first-order chi connectivity index (χ1) is 20.3. The molecule has 2 aromatic carbocycles. The van der Waals surface area contributed by atoms with Gasteiger partial charge in [-0.15, -0.1) is 0 Å². The van der Waals surface area contributed by atoms with E-state index in [0.29, 0.717) is 43.9 Å². The number of aromatic nitrogens is 1. The summed E-state index contributed by atoms with van der Waals surface area (Å²) in [6.45, 7) is 10.8. The Morgan fingerprint density at radius 1 is 1.02 bits per heavy atom. The van der Waals surface area contributed by atoms with Gasteiger partial charge in [-0.25, -0.2) is 4.79 Å². The minimum atomic E-state index is -1.08. The third-order valence-corrected chi connectivity index (χ3v) is 8.47. The van der Waals surface area contributed by atoms with Crippen molar-refractivity contribution >= 4 is 34.7 Å². The van der Waals surface area contributed by atoms with Crippen molar-refractivity contribution in [3.63, 3.8) is 0 Å². The second kappa shape index (κ2) is 11.7. The average Bonchev–Trinajstić information content (AvgIpc) is 3.33. The van der Waals surface area contributed by atoms with Crippen molar-refractivity contribution in [3.05, 3.63) is 71.4 Å². The molecule has 10 nitrogen and oxygen atoms in total. The van der Waals surface area contributed by atoms with E-state index in [4.69, 9.17) is 4.74 Å². The lowest BCUT2D eigenvalue weighted by atomic mass is 9.73. The standard InChI is InChI=1S/C33H39N5O5/c1-20-18-22(25-8-6-7-9-26(25)34-20)19-43-24-12-10-21(11-13-24)28(39)37-33(5,27-29(40)36-31(42)35-27)23-14-16-38(17-15-23)30(41)32(2,3)4/h6-13,18,23,27H,14-17,19H2,1-5H3,(H,37,39)(H2,35,36,40,42). The molecule has 0 saturated carbocycles. The van der Waals surface area contributed by atoms with Crippen LogP contribution in [0.2, 0.25) is 0 Å². The van der Waals surface area contributed by atoms with E-state index in [-0.39, 0.29) is 17.7 Å². The Morgan fingerprint density at radius 2 is 1.70 bits per heavy atom. The average molecular weight is 586 g/mol. The van der Waals surface area contributed by atoms with E-state index in [9.17, 15) is 19.2 Å². The molecule has 2 saturated heterocycles. The summed E-state index contributed by atoms with van der Waals surface area (Å²) < 4.78 is 6.05. The molecule has 0 bridgehead atoms. The van der Waals surface area contributed by atoms with Gasteiger partial charge >= 0.3 is 6.03 Å². The van der Waals surface area contributed by atoms with Crippen molar-refractivity contribution in [1.82, 2.24) is 25.8 Å². The van der Waals surface area contributed by atoms with Crippen LogP contribution in [0.25, 0.3) is 10.9 Å². The molecule has 2 unspecified atom stereocenters. The van der Waals surface area contributed by atoms with Crippen LogP contribution in [0.4, 0.5) is 4.79 Å². The number of piperidine rings is 1. The van der Waals surface area contributed by atoms with E-state index in [2.05, 4.69) is 20.9 Å². The molecule has 1 aromatic heterocycles. The fourth-order valence-corrected chi connectivity index (χ4v) is 6.10. The molecule has 226 valence electrons. The predicted octanol–water partition coefficient (Wildman–Crippen LogP) is 4.10. The van der Waals surface area contributed by atoms with Crippen LogP contribution in [0, 0.1) is 18.3 Å². The molecule has 2 aliphatic rings. The highest BCUT2D eigenvalue weighted by Crippen LogP contribution is 2.34. The number of ether oxygens (including phenoxy) is 1. The number of pyridine rings is 1. The number of carbonyl (C=O) groups is 4. The van der Waals surface area contributed by atoms with Crippen LogP contribution in [0.15, 0.2) is 54.6 Å².